The van der Waals surface area contributed by atoms with Crippen LogP contribution >= 0.6 is 0 Å². The third-order valence-corrected chi connectivity index (χ3v) is 4.39. The van der Waals surface area contributed by atoms with E-state index in [4.69, 9.17) is 0 Å². The van der Waals surface area contributed by atoms with Gasteiger partial charge in [0.05, 0.1) is 10.9 Å². The van der Waals surface area contributed by atoms with Gasteiger partial charge in [-0.25, -0.2) is 9.37 Å². The maximum atomic E-state index is 13.5. The van der Waals surface area contributed by atoms with E-state index in [0.29, 0.717) is 29.7 Å². The molecule has 4 rings (SSSR count). The zero-order chi connectivity index (χ0) is 16.7. The summed E-state index contributed by atoms with van der Waals surface area (Å²) in [5.74, 6) is 0.425. The minimum Gasteiger partial charge on any atom is -0.361 e. The Hall–Kier alpha value is -2.95. The largest absolute Gasteiger partial charge is 0.361 e. The summed E-state index contributed by atoms with van der Waals surface area (Å²) in [6.07, 6.45) is 2.50. The molecule has 4 nitrogen and oxygen atoms in total. The second-order valence-electron chi connectivity index (χ2n) is 5.89. The number of benzene rings is 2. The van der Waals surface area contributed by atoms with Crippen molar-refractivity contribution in [2.75, 3.05) is 0 Å². The number of para-hydroxylation sites is 1. The standard InChI is InChI=1S/C19H16FN3O/c1-12-22-18-5-3-2-4-15(18)19(24)23(12)9-8-13-11-21-17-7-6-14(20)10-16(13)17/h2-7,10-11,21H,8-9H2,1H3. The molecule has 0 spiro atoms. The zero-order valence-electron chi connectivity index (χ0n) is 13.2. The number of nitrogens with zero attached hydrogens (tertiary/aromatic N) is 2. The van der Waals surface area contributed by atoms with Crippen LogP contribution in [0, 0.1) is 12.7 Å². The van der Waals surface area contributed by atoms with Crippen LogP contribution in [0.4, 0.5) is 4.39 Å². The highest BCUT2D eigenvalue weighted by Crippen LogP contribution is 2.20. The Morgan fingerprint density at radius 3 is 2.88 bits per heavy atom. The molecule has 24 heavy (non-hydrogen) atoms. The molecule has 0 fully saturated rings. The first-order valence-corrected chi connectivity index (χ1v) is 7.85. The van der Waals surface area contributed by atoms with Crippen LogP contribution in [0.3, 0.4) is 0 Å². The lowest BCUT2D eigenvalue weighted by Crippen LogP contribution is -2.24. The summed E-state index contributed by atoms with van der Waals surface area (Å²) in [6.45, 7) is 2.34. The molecule has 0 aliphatic rings. The molecule has 0 saturated heterocycles. The first kappa shape index (κ1) is 14.6. The van der Waals surface area contributed by atoms with Gasteiger partial charge in [0.2, 0.25) is 0 Å². The number of hydrogen-bond acceptors (Lipinski definition) is 2. The Kier molecular flexibility index (Phi) is 3.41. The third kappa shape index (κ3) is 2.38. The van der Waals surface area contributed by atoms with Crippen LogP contribution in [0.5, 0.6) is 0 Å². The van der Waals surface area contributed by atoms with Crippen LogP contribution < -0.4 is 5.56 Å². The average molecular weight is 321 g/mol. The molecule has 0 aliphatic heterocycles. The zero-order valence-corrected chi connectivity index (χ0v) is 13.2. The molecule has 0 radical (unpaired) electrons. The van der Waals surface area contributed by atoms with E-state index in [1.807, 2.05) is 31.3 Å². The lowest BCUT2D eigenvalue weighted by Gasteiger charge is -2.10. The van der Waals surface area contributed by atoms with Gasteiger partial charge in [-0.05, 0) is 49.2 Å². The second kappa shape index (κ2) is 5.60. The predicted octanol–water partition coefficient (Wildman–Crippen LogP) is 3.57. The summed E-state index contributed by atoms with van der Waals surface area (Å²) >= 11 is 0. The Morgan fingerprint density at radius 1 is 1.17 bits per heavy atom. The van der Waals surface area contributed by atoms with Gasteiger partial charge < -0.3 is 4.98 Å². The summed E-state index contributed by atoms with van der Waals surface area (Å²) in [5, 5.41) is 1.47. The number of hydrogen-bond donors (Lipinski definition) is 1. The predicted molar refractivity (Wildman–Crippen MR) is 92.7 cm³/mol. The van der Waals surface area contributed by atoms with E-state index in [2.05, 4.69) is 9.97 Å². The van der Waals surface area contributed by atoms with Gasteiger partial charge in [0.15, 0.2) is 0 Å². The summed E-state index contributed by atoms with van der Waals surface area (Å²) < 4.78 is 15.2. The SMILES string of the molecule is Cc1nc2ccccc2c(=O)n1CCc1c[nH]c2ccc(F)cc12. The van der Waals surface area contributed by atoms with Crippen molar-refractivity contribution in [3.8, 4) is 0 Å². The topological polar surface area (TPSA) is 50.7 Å². The van der Waals surface area contributed by atoms with E-state index in [-0.39, 0.29) is 11.4 Å². The van der Waals surface area contributed by atoms with Crippen molar-refractivity contribution in [1.82, 2.24) is 14.5 Å². The summed E-state index contributed by atoms with van der Waals surface area (Å²) in [6, 6.07) is 12.0. The fourth-order valence-electron chi connectivity index (χ4n) is 3.13. The number of halogens is 1. The molecule has 120 valence electrons. The second-order valence-corrected chi connectivity index (χ2v) is 5.89. The van der Waals surface area contributed by atoms with Crippen LogP contribution in [0.25, 0.3) is 21.8 Å². The monoisotopic (exact) mass is 321 g/mol. The molecule has 2 aromatic heterocycles. The summed E-state index contributed by atoms with van der Waals surface area (Å²) in [7, 11) is 0. The Morgan fingerprint density at radius 2 is 2.00 bits per heavy atom. The van der Waals surface area contributed by atoms with Crippen molar-refractivity contribution >= 4 is 21.8 Å². The number of aromatic nitrogens is 3. The molecule has 5 heteroatoms. The van der Waals surface area contributed by atoms with Crippen LogP contribution in [0.1, 0.15) is 11.4 Å². The van der Waals surface area contributed by atoms with Crippen molar-refractivity contribution in [1.29, 1.82) is 0 Å². The summed E-state index contributed by atoms with van der Waals surface area (Å²) in [4.78, 5) is 20.3. The van der Waals surface area contributed by atoms with Gasteiger partial charge in [-0.15, -0.1) is 0 Å². The molecule has 4 aromatic rings. The number of H-pyrrole nitrogens is 1. The van der Waals surface area contributed by atoms with Crippen LogP contribution in [-0.4, -0.2) is 14.5 Å². The molecular formula is C19H16FN3O. The fourth-order valence-corrected chi connectivity index (χ4v) is 3.13. The molecule has 0 amide bonds. The first-order chi connectivity index (χ1) is 11.6. The smallest absolute Gasteiger partial charge is 0.261 e. The van der Waals surface area contributed by atoms with Crippen molar-refractivity contribution in [2.45, 2.75) is 19.9 Å². The van der Waals surface area contributed by atoms with Crippen LogP contribution in [-0.2, 0) is 13.0 Å². The quantitative estimate of drug-likeness (QED) is 0.627. The Labute approximate surface area is 137 Å². The molecule has 1 N–H and O–H groups in total. The van der Waals surface area contributed by atoms with Gasteiger partial charge in [0.1, 0.15) is 11.6 Å². The van der Waals surface area contributed by atoms with Crippen LogP contribution in [0.15, 0.2) is 53.5 Å². The Balaban J connectivity index is 1.72. The van der Waals surface area contributed by atoms with Crippen molar-refractivity contribution in [3.05, 3.63) is 76.2 Å². The van der Waals surface area contributed by atoms with Crippen LogP contribution in [0.2, 0.25) is 0 Å². The van der Waals surface area contributed by atoms with Gasteiger partial charge in [-0.1, -0.05) is 12.1 Å². The molecule has 0 unspecified atom stereocenters. The van der Waals surface area contributed by atoms with Gasteiger partial charge in [0, 0.05) is 23.6 Å². The molecule has 2 aromatic carbocycles. The number of fused-ring (bicyclic) bond motifs is 2. The normalized spacial score (nSPS) is 11.4. The van der Waals surface area contributed by atoms with E-state index in [1.165, 1.54) is 12.1 Å². The van der Waals surface area contributed by atoms with E-state index in [1.54, 1.807) is 16.7 Å². The first-order valence-electron chi connectivity index (χ1n) is 7.85. The molecular weight excluding hydrogens is 305 g/mol. The number of nitrogens with one attached hydrogen (secondary N) is 1. The number of aromatic amines is 1. The number of rotatable bonds is 3. The highest BCUT2D eigenvalue weighted by molar-refractivity contribution is 5.83. The molecule has 0 aliphatic carbocycles. The molecule has 2 heterocycles. The molecule has 0 saturated carbocycles. The minimum absolute atomic E-state index is 0.0379. The maximum absolute atomic E-state index is 13.5. The molecule has 0 atom stereocenters. The fraction of sp³-hybridized carbons (Fsp3) is 0.158. The highest BCUT2D eigenvalue weighted by Gasteiger charge is 2.10. The van der Waals surface area contributed by atoms with Crippen molar-refractivity contribution in [2.24, 2.45) is 0 Å². The third-order valence-electron chi connectivity index (χ3n) is 4.39. The van der Waals surface area contributed by atoms with E-state index in [9.17, 15) is 9.18 Å². The Bertz CT molecular complexity index is 1110. The lowest BCUT2D eigenvalue weighted by molar-refractivity contribution is 0.628. The average Bonchev–Trinajstić information content (AvgIpc) is 2.97. The van der Waals surface area contributed by atoms with Crippen molar-refractivity contribution in [3.63, 3.8) is 0 Å². The van der Waals surface area contributed by atoms with Crippen molar-refractivity contribution < 1.29 is 4.39 Å². The van der Waals surface area contributed by atoms with Gasteiger partial charge in [-0.2, -0.15) is 0 Å². The molecule has 0 bridgehead atoms. The lowest BCUT2D eigenvalue weighted by atomic mass is 10.1. The number of aryl methyl sites for hydroxylation is 2. The van der Waals surface area contributed by atoms with Gasteiger partial charge in [0.25, 0.3) is 5.56 Å². The maximum Gasteiger partial charge on any atom is 0.261 e. The summed E-state index contributed by atoms with van der Waals surface area (Å²) in [5.41, 5.74) is 2.56. The highest BCUT2D eigenvalue weighted by atomic mass is 19.1. The van der Waals surface area contributed by atoms with E-state index < -0.39 is 0 Å². The van der Waals surface area contributed by atoms with Gasteiger partial charge in [-0.3, -0.25) is 9.36 Å². The van der Waals surface area contributed by atoms with E-state index in [0.717, 1.165) is 16.5 Å². The minimum atomic E-state index is -0.260. The van der Waals surface area contributed by atoms with Gasteiger partial charge >= 0.3 is 0 Å². The van der Waals surface area contributed by atoms with E-state index >= 15 is 0 Å².